The molecule has 0 aromatic heterocycles. The van der Waals surface area contributed by atoms with Crippen LogP contribution in [-0.2, 0) is 14.3 Å². The average Bonchev–Trinajstić information content (AvgIpc) is 3.17. The van der Waals surface area contributed by atoms with Crippen molar-refractivity contribution in [3.8, 4) is 0 Å². The molecule has 11 heteroatoms. The first-order valence-electron chi connectivity index (χ1n) is 21.0. The number of nitrogens with one attached hydrogen (secondary N) is 1. The van der Waals surface area contributed by atoms with Gasteiger partial charge in [-0.25, -0.2) is 0 Å². The third-order valence-electron chi connectivity index (χ3n) is 9.84. The van der Waals surface area contributed by atoms with E-state index >= 15 is 0 Å². The minimum absolute atomic E-state index is 0.0390. The second-order valence-corrected chi connectivity index (χ2v) is 14.7. The second kappa shape index (κ2) is 33.2. The van der Waals surface area contributed by atoms with Gasteiger partial charge in [-0.05, 0) is 64.2 Å². The predicted octanol–water partition coefficient (Wildman–Crippen LogP) is 5.83. The van der Waals surface area contributed by atoms with Gasteiger partial charge in [0.2, 0.25) is 5.91 Å². The van der Waals surface area contributed by atoms with Gasteiger partial charge < -0.3 is 50.5 Å². The van der Waals surface area contributed by atoms with Crippen LogP contribution in [0.3, 0.4) is 0 Å². The molecule has 0 aliphatic carbocycles. The number of carbonyl (C=O) groups is 1. The van der Waals surface area contributed by atoms with Gasteiger partial charge in [-0.3, -0.25) is 4.79 Å². The third kappa shape index (κ3) is 23.2. The molecule has 314 valence electrons. The molecule has 1 fully saturated rings. The van der Waals surface area contributed by atoms with Crippen LogP contribution in [0.1, 0.15) is 149 Å². The lowest BCUT2D eigenvalue weighted by Crippen LogP contribution is -2.60. The van der Waals surface area contributed by atoms with Crippen molar-refractivity contribution in [3.63, 3.8) is 0 Å². The fraction of sp³-hybridized carbons (Fsp3) is 0.791. The van der Waals surface area contributed by atoms with E-state index in [4.69, 9.17) is 9.47 Å². The molecule has 8 N–H and O–H groups in total. The summed E-state index contributed by atoms with van der Waals surface area (Å²) in [6, 6.07) is -1.22. The van der Waals surface area contributed by atoms with E-state index in [1.807, 2.05) is 6.08 Å². The molecule has 0 spiro atoms. The van der Waals surface area contributed by atoms with Crippen LogP contribution in [-0.4, -0.2) is 110 Å². The Morgan fingerprint density at radius 3 is 1.78 bits per heavy atom. The van der Waals surface area contributed by atoms with Crippen LogP contribution in [0.2, 0.25) is 0 Å². The third-order valence-corrected chi connectivity index (χ3v) is 9.84. The molecule has 0 bridgehead atoms. The van der Waals surface area contributed by atoms with E-state index in [2.05, 4.69) is 55.6 Å². The summed E-state index contributed by atoms with van der Waals surface area (Å²) in [6.45, 7) is 3.32. The summed E-state index contributed by atoms with van der Waals surface area (Å²) in [5, 5.41) is 75.2. The van der Waals surface area contributed by atoms with Crippen LogP contribution in [0.25, 0.3) is 0 Å². The number of carbonyl (C=O) groups excluding carboxylic acids is 1. The number of allylic oxidation sites excluding steroid dienone is 7. The highest BCUT2D eigenvalue weighted by molar-refractivity contribution is 5.81. The number of amides is 1. The zero-order chi connectivity index (χ0) is 39.8. The molecule has 9 atom stereocenters. The van der Waals surface area contributed by atoms with Crippen molar-refractivity contribution in [2.75, 3.05) is 13.2 Å². The zero-order valence-corrected chi connectivity index (χ0v) is 33.4. The summed E-state index contributed by atoms with van der Waals surface area (Å²) in [4.78, 5) is 13.0. The molecule has 0 radical (unpaired) electrons. The summed E-state index contributed by atoms with van der Waals surface area (Å²) in [7, 11) is 0. The lowest BCUT2D eigenvalue weighted by Gasteiger charge is -2.40. The largest absolute Gasteiger partial charge is 0.394 e. The fourth-order valence-corrected chi connectivity index (χ4v) is 6.26. The summed E-state index contributed by atoms with van der Waals surface area (Å²) >= 11 is 0. The molecule has 1 rings (SSSR count). The quantitative estimate of drug-likeness (QED) is 0.0298. The van der Waals surface area contributed by atoms with Crippen LogP contribution < -0.4 is 5.32 Å². The normalized spacial score (nSPS) is 23.2. The molecule has 11 nitrogen and oxygen atoms in total. The number of aliphatic hydroxyl groups is 7. The first-order chi connectivity index (χ1) is 26.2. The molecule has 1 aliphatic heterocycles. The van der Waals surface area contributed by atoms with E-state index in [9.17, 15) is 40.5 Å². The molecule has 1 amide bonds. The molecule has 1 saturated heterocycles. The second-order valence-electron chi connectivity index (χ2n) is 14.7. The maximum absolute atomic E-state index is 13.0. The zero-order valence-electron chi connectivity index (χ0n) is 33.4. The van der Waals surface area contributed by atoms with Crippen LogP contribution in [0.4, 0.5) is 0 Å². The van der Waals surface area contributed by atoms with E-state index < -0.39 is 74.2 Å². The van der Waals surface area contributed by atoms with Gasteiger partial charge >= 0.3 is 0 Å². The van der Waals surface area contributed by atoms with Crippen molar-refractivity contribution >= 4 is 5.91 Å². The molecule has 1 aliphatic rings. The first kappa shape index (κ1) is 50.1. The standard InChI is InChI=1S/C43H77NO10/c1-3-5-7-9-11-13-15-17-18-19-21-22-24-26-28-30-35(46)38(48)34(33-53-43-41(51)40(50)39(49)37(32-45)54-43)44-42(52)36(47)31-29-27-25-23-20-16-14-12-10-8-6-4-2/h17-18,20,22-24,27,29,34-41,43,45-51H,3-16,19,21,25-26,28,30-33H2,1-2H3,(H,44,52)/b18-17+,23-20-,24-22+,29-27-. The predicted molar refractivity (Wildman–Crippen MR) is 215 cm³/mol. The topological polar surface area (TPSA) is 189 Å². The lowest BCUT2D eigenvalue weighted by atomic mass is 9.99. The van der Waals surface area contributed by atoms with Gasteiger partial charge in [-0.15, -0.1) is 0 Å². The maximum atomic E-state index is 13.0. The molecular weight excluding hydrogens is 690 g/mol. The van der Waals surface area contributed by atoms with Crippen molar-refractivity contribution in [1.29, 1.82) is 0 Å². The average molecular weight is 768 g/mol. The molecule has 0 aromatic carbocycles. The smallest absolute Gasteiger partial charge is 0.249 e. The highest BCUT2D eigenvalue weighted by Gasteiger charge is 2.44. The summed E-state index contributed by atoms with van der Waals surface area (Å²) in [5.41, 5.74) is 0. The van der Waals surface area contributed by atoms with Gasteiger partial charge in [-0.2, -0.15) is 0 Å². The number of unbranched alkanes of at least 4 members (excludes halogenated alkanes) is 14. The Kier molecular flexibility index (Phi) is 30.8. The Morgan fingerprint density at radius 2 is 1.19 bits per heavy atom. The highest BCUT2D eigenvalue weighted by Crippen LogP contribution is 2.23. The van der Waals surface area contributed by atoms with E-state index in [-0.39, 0.29) is 12.8 Å². The van der Waals surface area contributed by atoms with Crippen LogP contribution in [0, 0.1) is 0 Å². The Labute approximate surface area is 326 Å². The molecule has 54 heavy (non-hydrogen) atoms. The van der Waals surface area contributed by atoms with Gasteiger partial charge in [0.25, 0.3) is 0 Å². The Bertz CT molecular complexity index is 1020. The number of ether oxygens (including phenoxy) is 2. The van der Waals surface area contributed by atoms with Gasteiger partial charge in [0.05, 0.1) is 25.4 Å². The summed E-state index contributed by atoms with van der Waals surface area (Å²) in [5.74, 6) is -0.782. The number of aliphatic hydroxyl groups excluding tert-OH is 7. The Hall–Kier alpha value is -1.93. The van der Waals surface area contributed by atoms with Crippen molar-refractivity contribution in [2.24, 2.45) is 0 Å². The molecule has 1 heterocycles. The summed E-state index contributed by atoms with van der Waals surface area (Å²) in [6.07, 6.45) is 26.2. The minimum atomic E-state index is -1.68. The lowest BCUT2D eigenvalue weighted by molar-refractivity contribution is -0.303. The van der Waals surface area contributed by atoms with Gasteiger partial charge in [0.15, 0.2) is 6.29 Å². The number of rotatable bonds is 33. The van der Waals surface area contributed by atoms with Crippen molar-refractivity contribution in [1.82, 2.24) is 5.32 Å². The van der Waals surface area contributed by atoms with Crippen LogP contribution in [0.15, 0.2) is 48.6 Å². The highest BCUT2D eigenvalue weighted by atomic mass is 16.7. The first-order valence-corrected chi connectivity index (χ1v) is 21.0. The van der Waals surface area contributed by atoms with E-state index in [0.717, 1.165) is 25.7 Å². The van der Waals surface area contributed by atoms with Crippen LogP contribution in [0.5, 0.6) is 0 Å². The Balaban J connectivity index is 2.61. The van der Waals surface area contributed by atoms with Gasteiger partial charge in [0, 0.05) is 6.42 Å². The van der Waals surface area contributed by atoms with Crippen molar-refractivity contribution < 1.29 is 50.0 Å². The fourth-order valence-electron chi connectivity index (χ4n) is 6.26. The SMILES string of the molecule is CCCCCCCC/C=C\C/C=C\CC(O)C(=O)NC(COC1OC(CO)C(O)C(O)C1O)C(O)C(O)CCC/C=C/CC/C=C/CCCCCCCC. The molecule has 0 saturated carbocycles. The van der Waals surface area contributed by atoms with Crippen LogP contribution >= 0.6 is 0 Å². The molecular formula is C43H77NO10. The van der Waals surface area contributed by atoms with Gasteiger partial charge in [-0.1, -0.05) is 127 Å². The van der Waals surface area contributed by atoms with E-state index in [1.165, 1.54) is 77.0 Å². The minimum Gasteiger partial charge on any atom is -0.394 e. The van der Waals surface area contributed by atoms with Gasteiger partial charge in [0.1, 0.15) is 36.6 Å². The van der Waals surface area contributed by atoms with Crippen molar-refractivity contribution in [2.45, 2.75) is 204 Å². The summed E-state index contributed by atoms with van der Waals surface area (Å²) < 4.78 is 11.0. The maximum Gasteiger partial charge on any atom is 0.249 e. The molecule has 9 unspecified atom stereocenters. The number of hydrogen-bond donors (Lipinski definition) is 8. The number of hydrogen-bond acceptors (Lipinski definition) is 10. The monoisotopic (exact) mass is 768 g/mol. The van der Waals surface area contributed by atoms with E-state index in [0.29, 0.717) is 19.3 Å². The molecule has 0 aromatic rings. The Morgan fingerprint density at radius 1 is 0.667 bits per heavy atom. The van der Waals surface area contributed by atoms with Crippen molar-refractivity contribution in [3.05, 3.63) is 48.6 Å². The van der Waals surface area contributed by atoms with E-state index in [1.54, 1.807) is 6.08 Å².